The van der Waals surface area contributed by atoms with Gasteiger partial charge >= 0.3 is 6.18 Å². The van der Waals surface area contributed by atoms with Gasteiger partial charge in [0.25, 0.3) is 5.89 Å². The van der Waals surface area contributed by atoms with Crippen molar-refractivity contribution in [2.45, 2.75) is 17.7 Å². The fraction of sp³-hybridized carbons (Fsp3) is 0.214. The van der Waals surface area contributed by atoms with Gasteiger partial charge in [0.15, 0.2) is 15.7 Å². The highest BCUT2D eigenvalue weighted by molar-refractivity contribution is 7.89. The summed E-state index contributed by atoms with van der Waals surface area (Å²) in [6.45, 7) is 0. The number of aromatic nitrogens is 3. The normalized spacial score (nSPS) is 12.4. The van der Waals surface area contributed by atoms with Crippen LogP contribution in [0.5, 0.6) is 0 Å². The smallest absolute Gasteiger partial charge is 0.417 e. The highest BCUT2D eigenvalue weighted by Crippen LogP contribution is 2.35. The average molecular weight is 373 g/mol. The quantitative estimate of drug-likeness (QED) is 0.678. The van der Waals surface area contributed by atoms with E-state index in [0.29, 0.717) is 0 Å². The zero-order valence-corrected chi connectivity index (χ0v) is 13.2. The minimum atomic E-state index is -4.64. The summed E-state index contributed by atoms with van der Waals surface area (Å²) in [6, 6.07) is 3.80. The van der Waals surface area contributed by atoms with Crippen LogP contribution in [0.25, 0.3) is 11.5 Å². The Labute approximate surface area is 139 Å². The molecule has 3 aromatic rings. The van der Waals surface area contributed by atoms with E-state index in [4.69, 9.17) is 8.94 Å². The Hall–Kier alpha value is -2.69. The van der Waals surface area contributed by atoms with Crippen LogP contribution in [0.15, 0.2) is 45.8 Å². The van der Waals surface area contributed by atoms with Crippen LogP contribution in [-0.4, -0.2) is 23.5 Å². The molecule has 7 nitrogen and oxygen atoms in total. The maximum absolute atomic E-state index is 13.0. The van der Waals surface area contributed by atoms with E-state index in [1.54, 1.807) is 6.07 Å². The number of hydrogen-bond donors (Lipinski definition) is 0. The minimum Gasteiger partial charge on any atom is -0.468 e. The second kappa shape index (κ2) is 6.31. The summed E-state index contributed by atoms with van der Waals surface area (Å²) in [5.41, 5.74) is -1.42. The number of alkyl halides is 3. The predicted molar refractivity (Wildman–Crippen MR) is 77.6 cm³/mol. The lowest BCUT2D eigenvalue weighted by atomic mass is 10.1. The van der Waals surface area contributed by atoms with E-state index in [1.165, 1.54) is 12.3 Å². The summed E-state index contributed by atoms with van der Waals surface area (Å²) in [7, 11) is -3.68. The van der Waals surface area contributed by atoms with Crippen LogP contribution in [0.3, 0.4) is 0 Å². The number of hydrogen-bond acceptors (Lipinski definition) is 7. The van der Waals surface area contributed by atoms with Gasteiger partial charge in [-0.05, 0) is 18.2 Å². The molecule has 0 aliphatic heterocycles. The Balaban J connectivity index is 1.84. The molecular formula is C14H10F3N3O4S. The summed E-state index contributed by atoms with van der Waals surface area (Å²) in [6.07, 6.45) is -1.40. The van der Waals surface area contributed by atoms with Crippen molar-refractivity contribution in [1.82, 2.24) is 15.1 Å². The molecule has 0 bridgehead atoms. The Bertz CT molecular complexity index is 965. The molecule has 0 N–H and O–H groups in total. The van der Waals surface area contributed by atoms with Gasteiger partial charge in [0, 0.05) is 12.4 Å². The summed E-state index contributed by atoms with van der Waals surface area (Å²) in [4.78, 5) is 7.35. The molecule has 0 spiro atoms. The van der Waals surface area contributed by atoms with Gasteiger partial charge in [-0.1, -0.05) is 5.16 Å². The molecule has 11 heteroatoms. The maximum Gasteiger partial charge on any atom is 0.417 e. The molecule has 0 saturated carbocycles. The Kier molecular flexibility index (Phi) is 4.33. The largest absolute Gasteiger partial charge is 0.468 e. The van der Waals surface area contributed by atoms with E-state index >= 15 is 0 Å². The molecule has 132 valence electrons. The Morgan fingerprint density at radius 2 is 1.96 bits per heavy atom. The molecule has 0 aliphatic rings. The first-order chi connectivity index (χ1) is 11.7. The highest BCUT2D eigenvalue weighted by Gasteiger charge is 2.35. The third-order valence-corrected chi connectivity index (χ3v) is 4.54. The molecule has 0 aliphatic carbocycles. The molecule has 0 amide bonds. The maximum atomic E-state index is 13.0. The van der Waals surface area contributed by atoms with Crippen molar-refractivity contribution in [3.05, 3.63) is 54.0 Å². The molecule has 3 heterocycles. The summed E-state index contributed by atoms with van der Waals surface area (Å²) < 4.78 is 72.9. The van der Waals surface area contributed by atoms with Crippen LogP contribution >= 0.6 is 0 Å². The SMILES string of the molecule is O=S(=O)(Cc1noc(-c2cnccc2C(F)(F)F)n1)Cc1ccco1. The monoisotopic (exact) mass is 373 g/mol. The molecular weight excluding hydrogens is 363 g/mol. The third kappa shape index (κ3) is 4.05. The Morgan fingerprint density at radius 1 is 1.16 bits per heavy atom. The van der Waals surface area contributed by atoms with Crippen LogP contribution in [0.4, 0.5) is 13.2 Å². The van der Waals surface area contributed by atoms with Crippen molar-refractivity contribution in [2.75, 3.05) is 0 Å². The minimum absolute atomic E-state index is 0.232. The molecule has 3 aromatic heterocycles. The van der Waals surface area contributed by atoms with Crippen molar-refractivity contribution >= 4 is 9.84 Å². The first kappa shape index (κ1) is 17.1. The summed E-state index contributed by atoms with van der Waals surface area (Å²) >= 11 is 0. The number of sulfone groups is 1. The lowest BCUT2D eigenvalue weighted by Crippen LogP contribution is -2.09. The van der Waals surface area contributed by atoms with E-state index in [-0.39, 0.29) is 17.3 Å². The zero-order valence-electron chi connectivity index (χ0n) is 12.4. The molecule has 0 unspecified atom stereocenters. The molecule has 0 atom stereocenters. The zero-order chi connectivity index (χ0) is 18.1. The first-order valence-electron chi connectivity index (χ1n) is 6.81. The highest BCUT2D eigenvalue weighted by atomic mass is 32.2. The van der Waals surface area contributed by atoms with Gasteiger partial charge in [-0.3, -0.25) is 4.98 Å². The van der Waals surface area contributed by atoms with Crippen LogP contribution in [0.2, 0.25) is 0 Å². The van der Waals surface area contributed by atoms with E-state index in [0.717, 1.165) is 18.5 Å². The van der Waals surface area contributed by atoms with Crippen LogP contribution < -0.4 is 0 Å². The van der Waals surface area contributed by atoms with E-state index in [1.807, 2.05) is 0 Å². The van der Waals surface area contributed by atoms with Gasteiger partial charge < -0.3 is 8.94 Å². The number of nitrogens with zero attached hydrogens (tertiary/aromatic N) is 3. The summed E-state index contributed by atoms with van der Waals surface area (Å²) in [5, 5.41) is 3.44. The summed E-state index contributed by atoms with van der Waals surface area (Å²) in [5.74, 6) is -1.46. The molecule has 0 saturated heterocycles. The van der Waals surface area contributed by atoms with Crippen molar-refractivity contribution < 1.29 is 30.5 Å². The van der Waals surface area contributed by atoms with Crippen LogP contribution in [-0.2, 0) is 27.5 Å². The van der Waals surface area contributed by atoms with Crippen molar-refractivity contribution in [3.63, 3.8) is 0 Å². The second-order valence-corrected chi connectivity index (χ2v) is 7.11. The van der Waals surface area contributed by atoms with Crippen molar-refractivity contribution in [3.8, 4) is 11.5 Å². The lowest BCUT2D eigenvalue weighted by Gasteiger charge is -2.08. The first-order valence-corrected chi connectivity index (χ1v) is 8.64. The number of furan rings is 1. The van der Waals surface area contributed by atoms with Gasteiger partial charge in [-0.15, -0.1) is 0 Å². The number of pyridine rings is 1. The van der Waals surface area contributed by atoms with E-state index in [9.17, 15) is 21.6 Å². The van der Waals surface area contributed by atoms with E-state index in [2.05, 4.69) is 15.1 Å². The van der Waals surface area contributed by atoms with Crippen molar-refractivity contribution in [1.29, 1.82) is 0 Å². The number of halogens is 3. The fourth-order valence-electron chi connectivity index (χ4n) is 2.09. The standard InChI is InChI=1S/C14H10F3N3O4S/c15-14(16,17)11-3-4-18-6-10(11)13-19-12(20-24-13)8-25(21,22)7-9-2-1-5-23-9/h1-6H,7-8H2. The molecule has 0 aromatic carbocycles. The third-order valence-electron chi connectivity index (χ3n) is 3.12. The van der Waals surface area contributed by atoms with Gasteiger partial charge in [0.2, 0.25) is 0 Å². The second-order valence-electron chi connectivity index (χ2n) is 5.05. The lowest BCUT2D eigenvalue weighted by molar-refractivity contribution is -0.137. The van der Waals surface area contributed by atoms with Crippen LogP contribution in [0.1, 0.15) is 17.1 Å². The Morgan fingerprint density at radius 3 is 2.64 bits per heavy atom. The average Bonchev–Trinajstić information content (AvgIpc) is 3.17. The molecule has 3 rings (SSSR count). The van der Waals surface area contributed by atoms with Gasteiger partial charge in [-0.25, -0.2) is 8.42 Å². The van der Waals surface area contributed by atoms with Gasteiger partial charge in [0.1, 0.15) is 17.3 Å². The molecule has 25 heavy (non-hydrogen) atoms. The van der Waals surface area contributed by atoms with Gasteiger partial charge in [0.05, 0.1) is 17.4 Å². The molecule has 0 fully saturated rings. The topological polar surface area (TPSA) is 99.1 Å². The van der Waals surface area contributed by atoms with Crippen LogP contribution in [0, 0.1) is 0 Å². The van der Waals surface area contributed by atoms with Crippen molar-refractivity contribution in [2.24, 2.45) is 0 Å². The predicted octanol–water partition coefficient (Wildman–Crippen LogP) is 2.86. The van der Waals surface area contributed by atoms with Gasteiger partial charge in [-0.2, -0.15) is 18.2 Å². The fourth-order valence-corrected chi connectivity index (χ4v) is 3.30. The number of rotatable bonds is 5. The van der Waals surface area contributed by atoms with E-state index < -0.39 is 38.8 Å². The molecule has 0 radical (unpaired) electrons.